The molecule has 1 aromatic rings. The Labute approximate surface area is 151 Å². The van der Waals surface area contributed by atoms with E-state index in [1.54, 1.807) is 7.05 Å². The molecule has 1 aromatic carbocycles. The summed E-state index contributed by atoms with van der Waals surface area (Å²) < 4.78 is 11.6. The van der Waals surface area contributed by atoms with Crippen molar-refractivity contribution in [2.45, 2.75) is 26.1 Å². The van der Waals surface area contributed by atoms with E-state index in [1.807, 2.05) is 38.1 Å². The molecule has 0 saturated heterocycles. The summed E-state index contributed by atoms with van der Waals surface area (Å²) in [6, 6.07) is 7.25. The van der Waals surface area contributed by atoms with Crippen molar-refractivity contribution in [1.29, 1.82) is 0 Å². The first-order chi connectivity index (χ1) is 10.9. The molecule has 1 rings (SSSR count). The first kappa shape index (κ1) is 20.1. The van der Waals surface area contributed by atoms with Gasteiger partial charge < -0.3 is 24.8 Å². The van der Waals surface area contributed by atoms with Crippen molar-refractivity contribution in [1.82, 2.24) is 4.90 Å². The maximum atomic E-state index is 12.1. The van der Waals surface area contributed by atoms with Gasteiger partial charge in [0.1, 0.15) is 0 Å². The fourth-order valence-corrected chi connectivity index (χ4v) is 2.31. The molecule has 0 heterocycles. The monoisotopic (exact) mass is 436 g/mol. The van der Waals surface area contributed by atoms with Gasteiger partial charge in [-0.2, -0.15) is 0 Å². The summed E-state index contributed by atoms with van der Waals surface area (Å²) >= 11 is 2.16. The zero-order chi connectivity index (χ0) is 17.2. The third-order valence-electron chi connectivity index (χ3n) is 2.94. The molecule has 0 aromatic heterocycles. The molecule has 7 heteroatoms. The number of anilines is 1. The number of para-hydroxylation sites is 1. The summed E-state index contributed by atoms with van der Waals surface area (Å²) in [4.78, 5) is 13.5. The third-order valence-corrected chi connectivity index (χ3v) is 3.88. The number of ether oxygens (including phenoxy) is 2. The minimum atomic E-state index is -0.736. The Morgan fingerprint density at radius 1 is 1.35 bits per heavy atom. The number of rotatable bonds is 9. The van der Waals surface area contributed by atoms with Gasteiger partial charge in [-0.05, 0) is 48.6 Å². The van der Waals surface area contributed by atoms with E-state index in [4.69, 9.17) is 9.47 Å². The molecule has 0 aliphatic carbocycles. The van der Waals surface area contributed by atoms with Crippen molar-refractivity contribution in [3.8, 4) is 0 Å². The molecular formula is C16H25IN2O4. The number of halogens is 1. The molecule has 0 fully saturated rings. The average molecular weight is 436 g/mol. The number of hydrogen-bond donors (Lipinski definition) is 2. The van der Waals surface area contributed by atoms with Crippen LogP contribution in [-0.4, -0.2) is 61.7 Å². The van der Waals surface area contributed by atoms with E-state index in [9.17, 15) is 9.90 Å². The molecule has 130 valence electrons. The normalized spacial score (nSPS) is 12.3. The van der Waals surface area contributed by atoms with E-state index < -0.39 is 6.10 Å². The van der Waals surface area contributed by atoms with E-state index in [1.165, 1.54) is 4.90 Å². The van der Waals surface area contributed by atoms with E-state index in [2.05, 4.69) is 27.9 Å². The second-order valence-electron chi connectivity index (χ2n) is 5.44. The highest BCUT2D eigenvalue weighted by atomic mass is 127. The van der Waals surface area contributed by atoms with Gasteiger partial charge in [0.05, 0.1) is 44.3 Å². The molecule has 6 nitrogen and oxygen atoms in total. The first-order valence-corrected chi connectivity index (χ1v) is 8.62. The first-order valence-electron chi connectivity index (χ1n) is 7.54. The number of nitrogens with one attached hydrogen (secondary N) is 1. The van der Waals surface area contributed by atoms with Gasteiger partial charge in [0.15, 0.2) is 0 Å². The van der Waals surface area contributed by atoms with Gasteiger partial charge in [0.25, 0.3) is 0 Å². The van der Waals surface area contributed by atoms with Gasteiger partial charge in [-0.15, -0.1) is 0 Å². The fourth-order valence-electron chi connectivity index (χ4n) is 1.79. The topological polar surface area (TPSA) is 71.0 Å². The molecule has 2 N–H and O–H groups in total. The van der Waals surface area contributed by atoms with Crippen LogP contribution in [0, 0.1) is 3.57 Å². The smallest absolute Gasteiger partial charge is 0.321 e. The van der Waals surface area contributed by atoms with Crippen LogP contribution < -0.4 is 5.32 Å². The van der Waals surface area contributed by atoms with Crippen LogP contribution in [0.1, 0.15) is 13.8 Å². The van der Waals surface area contributed by atoms with Gasteiger partial charge >= 0.3 is 6.03 Å². The molecular weight excluding hydrogens is 411 g/mol. The molecule has 2 amide bonds. The average Bonchev–Trinajstić information content (AvgIpc) is 2.48. The number of aliphatic hydroxyl groups is 1. The number of urea groups is 1. The number of nitrogens with zero attached hydrogens (tertiary/aromatic N) is 1. The van der Waals surface area contributed by atoms with Crippen LogP contribution in [0.5, 0.6) is 0 Å². The van der Waals surface area contributed by atoms with Gasteiger partial charge in [-0.25, -0.2) is 4.79 Å². The molecule has 0 radical (unpaired) electrons. The Kier molecular flexibility index (Phi) is 9.46. The van der Waals surface area contributed by atoms with Crippen LogP contribution in [-0.2, 0) is 9.47 Å². The molecule has 1 atom stereocenters. The number of benzene rings is 1. The van der Waals surface area contributed by atoms with Gasteiger partial charge in [0.2, 0.25) is 0 Å². The van der Waals surface area contributed by atoms with Crippen molar-refractivity contribution >= 4 is 34.3 Å². The van der Waals surface area contributed by atoms with E-state index in [0.717, 1.165) is 9.26 Å². The van der Waals surface area contributed by atoms with Crippen molar-refractivity contribution in [3.63, 3.8) is 0 Å². The van der Waals surface area contributed by atoms with Crippen LogP contribution in [0.3, 0.4) is 0 Å². The summed E-state index contributed by atoms with van der Waals surface area (Å²) in [7, 11) is 1.64. The lowest BCUT2D eigenvalue weighted by atomic mass is 10.3. The molecule has 1 unspecified atom stereocenters. The SMILES string of the molecule is CC(C)OCCOCC(O)CN(C)C(=O)Nc1ccccc1I. The van der Waals surface area contributed by atoms with Gasteiger partial charge in [0, 0.05) is 10.6 Å². The maximum Gasteiger partial charge on any atom is 0.321 e. The molecule has 0 bridgehead atoms. The lowest BCUT2D eigenvalue weighted by Crippen LogP contribution is -2.39. The molecule has 0 aliphatic rings. The van der Waals surface area contributed by atoms with E-state index in [0.29, 0.717) is 13.2 Å². The third kappa shape index (κ3) is 8.50. The highest BCUT2D eigenvalue weighted by Gasteiger charge is 2.14. The van der Waals surface area contributed by atoms with Crippen molar-refractivity contribution < 1.29 is 19.4 Å². The highest BCUT2D eigenvalue weighted by molar-refractivity contribution is 14.1. The summed E-state index contributed by atoms with van der Waals surface area (Å²) in [5.41, 5.74) is 0.751. The second kappa shape index (κ2) is 10.8. The van der Waals surface area contributed by atoms with Crippen LogP contribution >= 0.6 is 22.6 Å². The minimum absolute atomic E-state index is 0.166. The Balaban J connectivity index is 2.27. The maximum absolute atomic E-state index is 12.1. The number of carbonyl (C=O) groups excluding carboxylic acids is 1. The summed E-state index contributed by atoms with van der Waals surface area (Å²) in [5, 5.41) is 12.7. The van der Waals surface area contributed by atoms with E-state index in [-0.39, 0.29) is 25.3 Å². The Morgan fingerprint density at radius 2 is 2.04 bits per heavy atom. The minimum Gasteiger partial charge on any atom is -0.389 e. The zero-order valence-corrected chi connectivity index (χ0v) is 15.9. The summed E-state index contributed by atoms with van der Waals surface area (Å²) in [6.45, 7) is 5.19. The quantitative estimate of drug-likeness (QED) is 0.461. The lowest BCUT2D eigenvalue weighted by Gasteiger charge is -2.21. The molecule has 0 saturated carbocycles. The van der Waals surface area contributed by atoms with Crippen molar-refractivity contribution in [2.24, 2.45) is 0 Å². The summed E-state index contributed by atoms with van der Waals surface area (Å²) in [5.74, 6) is 0. The van der Waals surface area contributed by atoms with Crippen molar-refractivity contribution in [3.05, 3.63) is 27.8 Å². The highest BCUT2D eigenvalue weighted by Crippen LogP contribution is 2.17. The Morgan fingerprint density at radius 3 is 2.70 bits per heavy atom. The van der Waals surface area contributed by atoms with Crippen LogP contribution in [0.15, 0.2) is 24.3 Å². The molecule has 23 heavy (non-hydrogen) atoms. The van der Waals surface area contributed by atoms with Crippen LogP contribution in [0.2, 0.25) is 0 Å². The van der Waals surface area contributed by atoms with Crippen LogP contribution in [0.4, 0.5) is 10.5 Å². The number of hydrogen-bond acceptors (Lipinski definition) is 4. The number of aliphatic hydroxyl groups excluding tert-OH is 1. The molecule has 0 aliphatic heterocycles. The summed E-state index contributed by atoms with van der Waals surface area (Å²) in [6.07, 6.45) is -0.571. The lowest BCUT2D eigenvalue weighted by molar-refractivity contribution is -0.0144. The van der Waals surface area contributed by atoms with Crippen LogP contribution in [0.25, 0.3) is 0 Å². The van der Waals surface area contributed by atoms with Gasteiger partial charge in [-0.3, -0.25) is 0 Å². The van der Waals surface area contributed by atoms with Crippen molar-refractivity contribution in [2.75, 3.05) is 38.7 Å². The zero-order valence-electron chi connectivity index (χ0n) is 13.8. The second-order valence-corrected chi connectivity index (χ2v) is 6.60. The number of amides is 2. The predicted molar refractivity (Wildman–Crippen MR) is 98.7 cm³/mol. The number of carbonyl (C=O) groups is 1. The molecule has 0 spiro atoms. The standard InChI is InChI=1S/C16H25IN2O4/c1-12(2)23-9-8-22-11-13(20)10-19(3)16(21)18-15-7-5-4-6-14(15)17/h4-7,12-13,20H,8-11H2,1-3H3,(H,18,21). The fraction of sp³-hybridized carbons (Fsp3) is 0.562. The Hall–Kier alpha value is -0.900. The Bertz CT molecular complexity index is 485. The predicted octanol–water partition coefficient (Wildman–Crippen LogP) is 2.56. The largest absolute Gasteiger partial charge is 0.389 e. The number of likely N-dealkylation sites (N-methyl/N-ethyl adjacent to an activating group) is 1. The van der Waals surface area contributed by atoms with Gasteiger partial charge in [-0.1, -0.05) is 12.1 Å². The van der Waals surface area contributed by atoms with E-state index >= 15 is 0 Å².